The number of ether oxygens (including phenoxy) is 1. The van der Waals surface area contributed by atoms with Crippen molar-refractivity contribution >= 4 is 12.2 Å². The topological polar surface area (TPSA) is 55.4 Å². The van der Waals surface area contributed by atoms with Crippen molar-refractivity contribution in [3.63, 3.8) is 0 Å². The monoisotopic (exact) mass is 207 g/mol. The zero-order chi connectivity index (χ0) is 11.3. The number of aldehydes is 1. The molecule has 0 aliphatic carbocycles. The quantitative estimate of drug-likeness (QED) is 0.751. The number of carbonyl (C=O) groups is 2. The number of methoxy groups -OCH3 is 1. The number of nitrogens with one attached hydrogen (secondary N) is 1. The maximum atomic E-state index is 10.8. The maximum Gasteiger partial charge on any atom is 0.217 e. The molecule has 0 fully saturated rings. The van der Waals surface area contributed by atoms with Crippen LogP contribution in [0.25, 0.3) is 0 Å². The van der Waals surface area contributed by atoms with Crippen LogP contribution in [0.15, 0.2) is 24.3 Å². The van der Waals surface area contributed by atoms with Gasteiger partial charge < -0.3 is 14.8 Å². The third-order valence-corrected chi connectivity index (χ3v) is 1.97. The van der Waals surface area contributed by atoms with Crippen molar-refractivity contribution in [2.24, 2.45) is 0 Å². The van der Waals surface area contributed by atoms with E-state index < -0.39 is 6.04 Å². The normalized spacial score (nSPS) is 11.6. The Labute approximate surface area is 88.2 Å². The highest BCUT2D eigenvalue weighted by Gasteiger charge is 2.10. The summed E-state index contributed by atoms with van der Waals surface area (Å²) in [4.78, 5) is 21.6. The number of carbonyl (C=O) groups excluding carboxylic acids is 2. The molecule has 0 aliphatic heterocycles. The van der Waals surface area contributed by atoms with Crippen LogP contribution in [0.5, 0.6) is 5.75 Å². The van der Waals surface area contributed by atoms with Crippen molar-refractivity contribution in [3.8, 4) is 5.75 Å². The van der Waals surface area contributed by atoms with Gasteiger partial charge >= 0.3 is 0 Å². The smallest absolute Gasteiger partial charge is 0.217 e. The summed E-state index contributed by atoms with van der Waals surface area (Å²) in [7, 11) is 1.57. The molecule has 0 aromatic heterocycles. The van der Waals surface area contributed by atoms with Gasteiger partial charge in [-0.2, -0.15) is 0 Å². The largest absolute Gasteiger partial charge is 0.497 e. The number of benzene rings is 1. The summed E-state index contributed by atoms with van der Waals surface area (Å²) in [5.74, 6) is 0.481. The van der Waals surface area contributed by atoms with E-state index in [1.165, 1.54) is 6.92 Å². The lowest BCUT2D eigenvalue weighted by molar-refractivity contribution is -0.122. The minimum atomic E-state index is -0.589. The van der Waals surface area contributed by atoms with Crippen LogP contribution in [0, 0.1) is 0 Å². The lowest BCUT2D eigenvalue weighted by Gasteiger charge is -2.11. The Bertz CT molecular complexity index is 345. The summed E-state index contributed by atoms with van der Waals surface area (Å²) in [6.45, 7) is 1.38. The van der Waals surface area contributed by atoms with Crippen molar-refractivity contribution in [2.45, 2.75) is 13.0 Å². The second-order valence-corrected chi connectivity index (χ2v) is 3.09. The second-order valence-electron chi connectivity index (χ2n) is 3.09. The molecule has 1 atom stereocenters. The molecule has 4 nitrogen and oxygen atoms in total. The Hall–Kier alpha value is -1.84. The third-order valence-electron chi connectivity index (χ3n) is 1.97. The highest BCUT2D eigenvalue weighted by molar-refractivity contribution is 5.78. The van der Waals surface area contributed by atoms with Gasteiger partial charge in [0, 0.05) is 6.92 Å². The Balaban J connectivity index is 2.82. The fourth-order valence-electron chi connectivity index (χ4n) is 1.23. The molecular weight excluding hydrogens is 194 g/mol. The van der Waals surface area contributed by atoms with E-state index in [9.17, 15) is 9.59 Å². The number of hydrogen-bond acceptors (Lipinski definition) is 3. The van der Waals surface area contributed by atoms with E-state index in [1.54, 1.807) is 31.4 Å². The van der Waals surface area contributed by atoms with E-state index in [0.717, 1.165) is 5.56 Å². The fraction of sp³-hybridized carbons (Fsp3) is 0.273. The first-order valence-electron chi connectivity index (χ1n) is 4.53. The van der Waals surface area contributed by atoms with Crippen molar-refractivity contribution in [3.05, 3.63) is 29.8 Å². The highest BCUT2D eigenvalue weighted by Crippen LogP contribution is 2.16. The minimum absolute atomic E-state index is 0.233. The van der Waals surface area contributed by atoms with Crippen LogP contribution in [0.2, 0.25) is 0 Å². The van der Waals surface area contributed by atoms with Gasteiger partial charge in [-0.15, -0.1) is 0 Å². The Morgan fingerprint density at radius 1 is 1.40 bits per heavy atom. The molecule has 0 saturated heterocycles. The predicted molar refractivity (Wildman–Crippen MR) is 55.6 cm³/mol. The summed E-state index contributed by atoms with van der Waals surface area (Å²) in [5.41, 5.74) is 0.737. The second kappa shape index (κ2) is 5.14. The van der Waals surface area contributed by atoms with Crippen molar-refractivity contribution in [2.75, 3.05) is 7.11 Å². The van der Waals surface area contributed by atoms with Crippen LogP contribution >= 0.6 is 0 Å². The molecule has 15 heavy (non-hydrogen) atoms. The molecule has 0 radical (unpaired) electrons. The lowest BCUT2D eigenvalue weighted by Crippen LogP contribution is -2.26. The summed E-state index contributed by atoms with van der Waals surface area (Å²) in [6, 6.07) is 6.39. The summed E-state index contributed by atoms with van der Waals surface area (Å²) >= 11 is 0. The number of amides is 1. The zero-order valence-corrected chi connectivity index (χ0v) is 8.69. The first-order chi connectivity index (χ1) is 7.17. The van der Waals surface area contributed by atoms with E-state index in [0.29, 0.717) is 12.0 Å². The van der Waals surface area contributed by atoms with Crippen molar-refractivity contribution in [1.29, 1.82) is 0 Å². The van der Waals surface area contributed by atoms with E-state index >= 15 is 0 Å². The molecule has 1 aromatic rings. The molecule has 0 heterocycles. The summed E-state index contributed by atoms with van der Waals surface area (Å²) in [5, 5.41) is 2.54. The third kappa shape index (κ3) is 3.09. The maximum absolute atomic E-state index is 10.8. The molecule has 0 aliphatic rings. The minimum Gasteiger partial charge on any atom is -0.497 e. The zero-order valence-electron chi connectivity index (χ0n) is 8.69. The lowest BCUT2D eigenvalue weighted by atomic mass is 10.1. The molecule has 1 rings (SSSR count). The van der Waals surface area contributed by atoms with Gasteiger partial charge in [0.15, 0.2) is 0 Å². The Morgan fingerprint density at radius 2 is 2.00 bits per heavy atom. The van der Waals surface area contributed by atoms with Crippen molar-refractivity contribution < 1.29 is 14.3 Å². The molecular formula is C11H13NO3. The van der Waals surface area contributed by atoms with Gasteiger partial charge in [-0.3, -0.25) is 4.79 Å². The van der Waals surface area contributed by atoms with Gasteiger partial charge in [0.2, 0.25) is 5.91 Å². The van der Waals surface area contributed by atoms with E-state index in [-0.39, 0.29) is 5.91 Å². The molecule has 1 unspecified atom stereocenters. The fourth-order valence-corrected chi connectivity index (χ4v) is 1.23. The Morgan fingerprint density at radius 3 is 2.40 bits per heavy atom. The van der Waals surface area contributed by atoms with Crippen molar-refractivity contribution in [1.82, 2.24) is 5.32 Å². The van der Waals surface area contributed by atoms with Crippen LogP contribution in [0.3, 0.4) is 0 Å². The molecule has 1 N–H and O–H groups in total. The highest BCUT2D eigenvalue weighted by atomic mass is 16.5. The molecule has 0 bridgehead atoms. The first kappa shape index (κ1) is 11.2. The van der Waals surface area contributed by atoms with Crippen LogP contribution in [-0.2, 0) is 9.59 Å². The molecule has 0 spiro atoms. The SMILES string of the molecule is COc1ccc(C(C=O)NC(C)=O)cc1. The van der Waals surface area contributed by atoms with Crippen LogP contribution in [-0.4, -0.2) is 19.3 Å². The molecule has 4 heteroatoms. The first-order valence-corrected chi connectivity index (χ1v) is 4.53. The van der Waals surface area contributed by atoms with Gasteiger partial charge in [0.1, 0.15) is 18.1 Å². The van der Waals surface area contributed by atoms with Crippen LogP contribution in [0.1, 0.15) is 18.5 Å². The number of hydrogen-bond donors (Lipinski definition) is 1. The summed E-state index contributed by atoms with van der Waals surface area (Å²) in [6.07, 6.45) is 0.698. The van der Waals surface area contributed by atoms with Gasteiger partial charge in [0.05, 0.1) is 7.11 Å². The molecule has 1 aromatic carbocycles. The summed E-state index contributed by atoms with van der Waals surface area (Å²) < 4.78 is 4.99. The van der Waals surface area contributed by atoms with E-state index in [4.69, 9.17) is 4.74 Å². The average Bonchev–Trinajstić information content (AvgIpc) is 2.26. The van der Waals surface area contributed by atoms with Gasteiger partial charge in [-0.1, -0.05) is 12.1 Å². The van der Waals surface area contributed by atoms with E-state index in [2.05, 4.69) is 5.32 Å². The van der Waals surface area contributed by atoms with Gasteiger partial charge in [0.25, 0.3) is 0 Å². The van der Waals surface area contributed by atoms with E-state index in [1.807, 2.05) is 0 Å². The van der Waals surface area contributed by atoms with Crippen LogP contribution in [0.4, 0.5) is 0 Å². The Kier molecular flexibility index (Phi) is 3.85. The van der Waals surface area contributed by atoms with Gasteiger partial charge in [-0.05, 0) is 17.7 Å². The van der Waals surface area contributed by atoms with Gasteiger partial charge in [-0.25, -0.2) is 0 Å². The molecule has 80 valence electrons. The number of rotatable bonds is 4. The standard InChI is InChI=1S/C11H13NO3/c1-8(14)12-11(7-13)9-3-5-10(15-2)6-4-9/h3-7,11H,1-2H3,(H,12,14). The molecule has 1 amide bonds. The average molecular weight is 207 g/mol. The predicted octanol–water partition coefficient (Wildman–Crippen LogP) is 1.07. The molecule has 0 saturated carbocycles. The van der Waals surface area contributed by atoms with Crippen LogP contribution < -0.4 is 10.1 Å².